The van der Waals surface area contributed by atoms with Gasteiger partial charge < -0.3 is 24.2 Å². The van der Waals surface area contributed by atoms with Crippen molar-refractivity contribution in [2.24, 2.45) is 5.16 Å². The zero-order valence-corrected chi connectivity index (χ0v) is 17.4. The summed E-state index contributed by atoms with van der Waals surface area (Å²) < 4.78 is 11.4. The van der Waals surface area contributed by atoms with Crippen LogP contribution in [0.5, 0.6) is 5.75 Å². The largest absolute Gasteiger partial charge is 0.493 e. The molecule has 1 aliphatic heterocycles. The molecule has 0 spiro atoms. The van der Waals surface area contributed by atoms with Gasteiger partial charge in [-0.3, -0.25) is 4.79 Å². The maximum absolute atomic E-state index is 11.6. The van der Waals surface area contributed by atoms with Gasteiger partial charge in [-0.1, -0.05) is 12.8 Å². The minimum Gasteiger partial charge on any atom is -0.493 e. The van der Waals surface area contributed by atoms with Crippen LogP contribution in [0.3, 0.4) is 0 Å². The summed E-state index contributed by atoms with van der Waals surface area (Å²) in [4.78, 5) is 16.6. The average Bonchev–Trinajstić information content (AvgIpc) is 2.73. The zero-order chi connectivity index (χ0) is 20.6. The number of carbonyl (C=O) groups excluding carboxylic acids is 1. The van der Waals surface area contributed by atoms with Crippen molar-refractivity contribution in [2.45, 2.75) is 32.6 Å². The topological polar surface area (TPSA) is 78.5 Å². The molecule has 0 aliphatic carbocycles. The van der Waals surface area contributed by atoms with Crippen molar-refractivity contribution in [1.29, 1.82) is 0 Å². The van der Waals surface area contributed by atoms with E-state index in [2.05, 4.69) is 22.0 Å². The van der Waals surface area contributed by atoms with Gasteiger partial charge in [-0.25, -0.2) is 0 Å². The number of hydrogen-bond donors (Lipinski definition) is 1. The number of Topliss-reactive ketones (excluding diaryl/α,β-unsaturated/α-hetero) is 1. The molecule has 29 heavy (non-hydrogen) atoms. The third kappa shape index (κ3) is 6.05. The van der Waals surface area contributed by atoms with E-state index < -0.39 is 0 Å². The molecule has 0 radical (unpaired) electrons. The third-order valence-corrected chi connectivity index (χ3v) is 5.43. The van der Waals surface area contributed by atoms with E-state index >= 15 is 0 Å². The summed E-state index contributed by atoms with van der Waals surface area (Å²) in [6.45, 7) is 7.99. The van der Waals surface area contributed by atoms with E-state index in [0.29, 0.717) is 17.9 Å². The first-order valence-corrected chi connectivity index (χ1v) is 10.4. The number of nitrogens with zero attached hydrogens (tertiary/aromatic N) is 3. The Morgan fingerprint density at radius 1 is 1.14 bits per heavy atom. The molecule has 7 heteroatoms. The Balaban J connectivity index is 1.41. The van der Waals surface area contributed by atoms with Crippen LogP contribution in [-0.4, -0.2) is 67.2 Å². The molecular weight excluding hydrogens is 370 g/mol. The highest BCUT2D eigenvalue weighted by atomic mass is 16.5. The number of likely N-dealkylation sites (N-methyl/N-ethyl adjacent to an activating group) is 1. The second-order valence-electron chi connectivity index (χ2n) is 7.73. The van der Waals surface area contributed by atoms with Gasteiger partial charge in [0.25, 0.3) is 5.55 Å². The molecule has 158 valence electrons. The van der Waals surface area contributed by atoms with Gasteiger partial charge in [-0.05, 0) is 56.7 Å². The number of fused-ring (bicyclic) bond motifs is 1. The highest BCUT2D eigenvalue weighted by Crippen LogP contribution is 2.21. The van der Waals surface area contributed by atoms with Crippen LogP contribution in [0.1, 0.15) is 43.0 Å². The molecule has 7 nitrogen and oxygen atoms in total. The minimum absolute atomic E-state index is 0.0810. The molecule has 0 atom stereocenters. The fourth-order valence-electron chi connectivity index (χ4n) is 3.57. The second-order valence-corrected chi connectivity index (χ2v) is 7.73. The van der Waals surface area contributed by atoms with Crippen LogP contribution >= 0.6 is 0 Å². The Kier molecular flexibility index (Phi) is 7.66. The van der Waals surface area contributed by atoms with E-state index in [0.717, 1.165) is 18.2 Å². The molecule has 1 N–H and O–H groups in total. The molecule has 1 fully saturated rings. The summed E-state index contributed by atoms with van der Waals surface area (Å²) in [5.74, 6) is 0.495. The smallest absolute Gasteiger partial charge is 0.266 e. The molecule has 0 saturated carbocycles. The molecule has 0 bridgehead atoms. The highest BCUT2D eigenvalue weighted by molar-refractivity contribution is 5.96. The molecule has 2 heterocycles. The van der Waals surface area contributed by atoms with Crippen molar-refractivity contribution < 1.29 is 19.2 Å². The second kappa shape index (κ2) is 10.4. The normalized spacial score (nSPS) is 16.4. The van der Waals surface area contributed by atoms with Gasteiger partial charge in [0.1, 0.15) is 11.3 Å². The fourth-order valence-corrected chi connectivity index (χ4v) is 3.57. The van der Waals surface area contributed by atoms with Crippen LogP contribution in [0.15, 0.2) is 33.8 Å². The predicted octanol–water partition coefficient (Wildman–Crippen LogP) is 3.11. The Hall–Kier alpha value is -2.38. The van der Waals surface area contributed by atoms with Gasteiger partial charge in [-0.15, -0.1) is 0 Å². The number of piperazine rings is 1. The lowest BCUT2D eigenvalue weighted by Gasteiger charge is -2.32. The number of rotatable bonds is 9. The molecule has 0 amide bonds. The van der Waals surface area contributed by atoms with Crippen LogP contribution in [0, 0.1) is 0 Å². The summed E-state index contributed by atoms with van der Waals surface area (Å²) >= 11 is 0. The van der Waals surface area contributed by atoms with E-state index in [1.807, 2.05) is 12.1 Å². The molecule has 0 unspecified atom stereocenters. The number of carbonyl (C=O) groups is 1. The van der Waals surface area contributed by atoms with Crippen molar-refractivity contribution >= 4 is 16.8 Å². The summed E-state index contributed by atoms with van der Waals surface area (Å²) in [5, 5.41) is 12.9. The van der Waals surface area contributed by atoms with Gasteiger partial charge in [-0.2, -0.15) is 0 Å². The number of hydrogen-bond acceptors (Lipinski definition) is 7. The standard InChI is InChI=1S/C22H31N3O4/c1-17(26)20-15-18-7-8-19(16-21(18)29-22(20)23-27)28-14-6-4-3-5-9-25-12-10-24(2)11-13-25/h7-8,15-16,27H,3-6,9-14H2,1-2H3. The van der Waals surface area contributed by atoms with Gasteiger partial charge in [0.2, 0.25) is 0 Å². The number of unbranched alkanes of at least 4 members (excludes halogenated alkanes) is 3. The van der Waals surface area contributed by atoms with Gasteiger partial charge in [0, 0.05) is 37.6 Å². The van der Waals surface area contributed by atoms with Gasteiger partial charge in [0.05, 0.1) is 12.2 Å². The molecule has 2 aromatic rings. The van der Waals surface area contributed by atoms with Crippen LogP contribution in [-0.2, 0) is 0 Å². The number of ether oxygens (including phenoxy) is 1. The summed E-state index contributed by atoms with van der Waals surface area (Å²) in [7, 11) is 2.19. The fraction of sp³-hybridized carbons (Fsp3) is 0.545. The number of ketones is 1. The van der Waals surface area contributed by atoms with E-state index in [9.17, 15) is 4.79 Å². The van der Waals surface area contributed by atoms with Crippen molar-refractivity contribution in [3.05, 3.63) is 35.4 Å². The predicted molar refractivity (Wildman–Crippen MR) is 111 cm³/mol. The molecule has 3 rings (SSSR count). The van der Waals surface area contributed by atoms with Gasteiger partial charge >= 0.3 is 0 Å². The highest BCUT2D eigenvalue weighted by Gasteiger charge is 2.12. The Morgan fingerprint density at radius 3 is 2.62 bits per heavy atom. The Morgan fingerprint density at radius 2 is 1.90 bits per heavy atom. The lowest BCUT2D eigenvalue weighted by Crippen LogP contribution is -2.44. The lowest BCUT2D eigenvalue weighted by atomic mass is 10.1. The molecule has 1 saturated heterocycles. The summed E-state index contributed by atoms with van der Waals surface area (Å²) in [6.07, 6.45) is 4.63. The Bertz CT molecular complexity index is 885. The first-order valence-electron chi connectivity index (χ1n) is 10.4. The van der Waals surface area contributed by atoms with E-state index in [1.165, 1.54) is 52.5 Å². The van der Waals surface area contributed by atoms with Crippen molar-refractivity contribution in [3.8, 4) is 5.75 Å². The zero-order valence-electron chi connectivity index (χ0n) is 17.4. The molecule has 1 aromatic carbocycles. The first-order chi connectivity index (χ1) is 14.1. The first kappa shape index (κ1) is 21.3. The average molecular weight is 402 g/mol. The maximum Gasteiger partial charge on any atom is 0.266 e. The monoisotopic (exact) mass is 401 g/mol. The SMILES string of the molecule is CC(=O)c1cc2ccc(OCCCCCCN3CCN(C)CC3)cc2oc1=NO. The van der Waals surface area contributed by atoms with Crippen LogP contribution in [0.25, 0.3) is 11.0 Å². The van der Waals surface area contributed by atoms with E-state index in [-0.39, 0.29) is 16.9 Å². The third-order valence-electron chi connectivity index (χ3n) is 5.43. The van der Waals surface area contributed by atoms with Crippen LogP contribution in [0.4, 0.5) is 0 Å². The van der Waals surface area contributed by atoms with Crippen molar-refractivity contribution in [1.82, 2.24) is 9.80 Å². The molecule has 1 aromatic heterocycles. The Labute approximate surface area is 171 Å². The van der Waals surface area contributed by atoms with Crippen molar-refractivity contribution in [3.63, 3.8) is 0 Å². The van der Waals surface area contributed by atoms with Crippen LogP contribution < -0.4 is 10.3 Å². The maximum atomic E-state index is 11.6. The molecular formula is C22H31N3O4. The van der Waals surface area contributed by atoms with E-state index in [4.69, 9.17) is 14.4 Å². The van der Waals surface area contributed by atoms with Gasteiger partial charge in [0.15, 0.2) is 5.78 Å². The van der Waals surface area contributed by atoms with Crippen molar-refractivity contribution in [2.75, 3.05) is 46.4 Å². The van der Waals surface area contributed by atoms with Crippen LogP contribution in [0.2, 0.25) is 0 Å². The quantitative estimate of drug-likeness (QED) is 0.301. The minimum atomic E-state index is -0.212. The lowest BCUT2D eigenvalue weighted by molar-refractivity contribution is 0.101. The summed E-state index contributed by atoms with van der Waals surface area (Å²) in [6, 6.07) is 7.14. The summed E-state index contributed by atoms with van der Waals surface area (Å²) in [5.41, 5.74) is 0.695. The van der Waals surface area contributed by atoms with E-state index in [1.54, 1.807) is 12.1 Å². The number of benzene rings is 1. The molecule has 1 aliphatic rings.